The average Bonchev–Trinajstić information content (AvgIpc) is 2.82. The Labute approximate surface area is 113 Å². The monoisotopic (exact) mass is 276 g/mol. The Morgan fingerprint density at radius 3 is 2.80 bits per heavy atom. The van der Waals surface area contributed by atoms with Crippen LogP contribution >= 0.6 is 0 Å². The molecule has 0 radical (unpaired) electrons. The van der Waals surface area contributed by atoms with Gasteiger partial charge in [-0.3, -0.25) is 14.3 Å². The van der Waals surface area contributed by atoms with Crippen LogP contribution in [0, 0.1) is 0 Å². The lowest BCUT2D eigenvalue weighted by Crippen LogP contribution is -2.36. The molecule has 2 heterocycles. The Kier molecular flexibility index (Phi) is 3.65. The third-order valence-corrected chi connectivity index (χ3v) is 2.64. The number of carbonyl (C=O) groups excluding carboxylic acids is 1. The first kappa shape index (κ1) is 13.5. The van der Waals surface area contributed by atoms with E-state index in [1.165, 1.54) is 35.4 Å². The van der Waals surface area contributed by atoms with Crippen molar-refractivity contribution in [3.63, 3.8) is 0 Å². The number of hydrogen-bond acceptors (Lipinski definition) is 4. The molecule has 1 unspecified atom stereocenters. The molecule has 1 atom stereocenters. The van der Waals surface area contributed by atoms with Gasteiger partial charge in [-0.15, -0.1) is 0 Å². The Morgan fingerprint density at radius 2 is 2.25 bits per heavy atom. The number of amides is 1. The summed E-state index contributed by atoms with van der Waals surface area (Å²) in [5.41, 5.74) is -0.413. The number of rotatable bonds is 4. The third kappa shape index (κ3) is 2.74. The number of nitrogens with one attached hydrogen (secondary N) is 2. The van der Waals surface area contributed by atoms with Crippen LogP contribution < -0.4 is 10.9 Å². The summed E-state index contributed by atoms with van der Waals surface area (Å²) in [5.74, 6) is -2.00. The molecule has 1 amide bonds. The molecule has 0 saturated heterocycles. The van der Waals surface area contributed by atoms with Crippen molar-refractivity contribution in [1.29, 1.82) is 0 Å². The van der Waals surface area contributed by atoms with E-state index in [0.29, 0.717) is 5.56 Å². The Morgan fingerprint density at radius 1 is 1.50 bits per heavy atom. The minimum atomic E-state index is -1.27. The van der Waals surface area contributed by atoms with Crippen molar-refractivity contribution in [3.05, 3.63) is 52.2 Å². The van der Waals surface area contributed by atoms with E-state index >= 15 is 0 Å². The summed E-state index contributed by atoms with van der Waals surface area (Å²) in [4.78, 5) is 37.0. The lowest BCUT2D eigenvalue weighted by atomic mass is 10.1. The number of hydrogen-bond donors (Lipinski definition) is 3. The molecule has 0 saturated carbocycles. The van der Waals surface area contributed by atoms with E-state index in [-0.39, 0.29) is 5.56 Å². The van der Waals surface area contributed by atoms with Crippen molar-refractivity contribution < 1.29 is 14.7 Å². The Balaban J connectivity index is 2.26. The van der Waals surface area contributed by atoms with Crippen LogP contribution in [0.2, 0.25) is 0 Å². The van der Waals surface area contributed by atoms with Gasteiger partial charge in [0, 0.05) is 25.0 Å². The number of aliphatic carboxylic acids is 1. The second-order valence-electron chi connectivity index (χ2n) is 4.10. The van der Waals surface area contributed by atoms with E-state index in [1.807, 2.05) is 0 Å². The van der Waals surface area contributed by atoms with Crippen LogP contribution in [0.3, 0.4) is 0 Å². The molecule has 104 valence electrons. The number of carboxylic acids is 1. The van der Waals surface area contributed by atoms with Crippen molar-refractivity contribution in [2.24, 2.45) is 7.05 Å². The van der Waals surface area contributed by atoms with Gasteiger partial charge in [-0.05, 0) is 12.1 Å². The second kappa shape index (κ2) is 5.39. The first-order valence-corrected chi connectivity index (χ1v) is 5.69. The van der Waals surface area contributed by atoms with Gasteiger partial charge < -0.3 is 15.4 Å². The van der Waals surface area contributed by atoms with Gasteiger partial charge in [0.05, 0.1) is 6.20 Å². The maximum absolute atomic E-state index is 11.9. The highest BCUT2D eigenvalue weighted by molar-refractivity contribution is 5.96. The lowest BCUT2D eigenvalue weighted by molar-refractivity contribution is -0.139. The highest BCUT2D eigenvalue weighted by atomic mass is 16.4. The fraction of sp³-hybridized carbons (Fsp3) is 0.167. The molecule has 0 bridgehead atoms. The lowest BCUT2D eigenvalue weighted by Gasteiger charge is -2.12. The second-order valence-corrected chi connectivity index (χ2v) is 4.10. The third-order valence-electron chi connectivity index (χ3n) is 2.64. The van der Waals surface area contributed by atoms with Crippen LogP contribution in [-0.4, -0.2) is 31.7 Å². The fourth-order valence-corrected chi connectivity index (χ4v) is 1.69. The minimum absolute atomic E-state index is 0.150. The van der Waals surface area contributed by atoms with Gasteiger partial charge in [0.1, 0.15) is 5.56 Å². The fourth-order valence-electron chi connectivity index (χ4n) is 1.69. The van der Waals surface area contributed by atoms with E-state index in [2.05, 4.69) is 15.4 Å². The van der Waals surface area contributed by atoms with E-state index in [1.54, 1.807) is 7.05 Å². The summed E-state index contributed by atoms with van der Waals surface area (Å²) in [7, 11) is 1.63. The molecule has 8 heteroatoms. The van der Waals surface area contributed by atoms with Crippen molar-refractivity contribution in [3.8, 4) is 0 Å². The zero-order valence-electron chi connectivity index (χ0n) is 10.5. The zero-order valence-corrected chi connectivity index (χ0v) is 10.5. The molecule has 0 aliphatic carbocycles. The Bertz CT molecular complexity index is 703. The summed E-state index contributed by atoms with van der Waals surface area (Å²) < 4.78 is 1.42. The van der Waals surface area contributed by atoms with Gasteiger partial charge in [-0.2, -0.15) is 5.10 Å². The summed E-state index contributed by atoms with van der Waals surface area (Å²) in [6.45, 7) is 0. The number of carbonyl (C=O) groups is 2. The van der Waals surface area contributed by atoms with Crippen molar-refractivity contribution >= 4 is 11.9 Å². The highest BCUT2D eigenvalue weighted by Crippen LogP contribution is 2.12. The zero-order chi connectivity index (χ0) is 14.7. The minimum Gasteiger partial charge on any atom is -0.479 e. The number of aromatic nitrogens is 3. The van der Waals surface area contributed by atoms with E-state index in [4.69, 9.17) is 5.11 Å². The molecule has 0 aliphatic rings. The van der Waals surface area contributed by atoms with E-state index < -0.39 is 23.5 Å². The summed E-state index contributed by atoms with van der Waals surface area (Å²) in [6, 6.07) is 1.53. The number of aryl methyl sites for hydroxylation is 1. The molecule has 20 heavy (non-hydrogen) atoms. The van der Waals surface area contributed by atoms with Crippen molar-refractivity contribution in [1.82, 2.24) is 20.1 Å². The summed E-state index contributed by atoms with van der Waals surface area (Å²) in [6.07, 6.45) is 4.21. The van der Waals surface area contributed by atoms with Crippen molar-refractivity contribution in [2.45, 2.75) is 6.04 Å². The molecule has 0 spiro atoms. The van der Waals surface area contributed by atoms with Crippen LogP contribution in [0.25, 0.3) is 0 Å². The smallest absolute Gasteiger partial charge is 0.331 e. The van der Waals surface area contributed by atoms with Crippen LogP contribution in [0.4, 0.5) is 0 Å². The quantitative estimate of drug-likeness (QED) is 0.706. The molecule has 2 aromatic heterocycles. The highest BCUT2D eigenvalue weighted by Gasteiger charge is 2.24. The number of H-pyrrole nitrogens is 1. The maximum Gasteiger partial charge on any atom is 0.331 e. The molecule has 2 aromatic rings. The van der Waals surface area contributed by atoms with Crippen LogP contribution in [0.5, 0.6) is 0 Å². The van der Waals surface area contributed by atoms with Crippen LogP contribution in [-0.2, 0) is 11.8 Å². The van der Waals surface area contributed by atoms with Gasteiger partial charge in [-0.1, -0.05) is 0 Å². The number of pyridine rings is 1. The molecular weight excluding hydrogens is 264 g/mol. The van der Waals surface area contributed by atoms with Gasteiger partial charge in [0.15, 0.2) is 6.04 Å². The standard InChI is InChI=1S/C12H12N4O4/c1-16-6-7(5-14-16)9(12(19)20)15-11(18)8-3-2-4-13-10(8)17/h2-6,9H,1H3,(H,13,17)(H,15,18)(H,19,20). The SMILES string of the molecule is Cn1cc(C(NC(=O)c2ccc[nH]c2=O)C(=O)O)cn1. The Hall–Kier alpha value is -2.90. The van der Waals surface area contributed by atoms with E-state index in [0.717, 1.165) is 0 Å². The number of carboxylic acid groups (broad SMARTS) is 1. The van der Waals surface area contributed by atoms with Gasteiger partial charge in [0.2, 0.25) is 0 Å². The molecule has 0 aliphatic heterocycles. The van der Waals surface area contributed by atoms with Crippen LogP contribution in [0.15, 0.2) is 35.5 Å². The molecular formula is C12H12N4O4. The predicted molar refractivity (Wildman–Crippen MR) is 68.1 cm³/mol. The average molecular weight is 276 g/mol. The van der Waals surface area contributed by atoms with Gasteiger partial charge in [-0.25, -0.2) is 4.79 Å². The predicted octanol–water partition coefficient (Wildman–Crippen LogP) is -0.336. The molecule has 2 rings (SSSR count). The van der Waals surface area contributed by atoms with Gasteiger partial charge >= 0.3 is 5.97 Å². The summed E-state index contributed by atoms with van der Waals surface area (Å²) in [5, 5.41) is 15.3. The summed E-state index contributed by atoms with van der Waals surface area (Å²) >= 11 is 0. The van der Waals surface area contributed by atoms with Crippen LogP contribution in [0.1, 0.15) is 22.0 Å². The van der Waals surface area contributed by atoms with E-state index in [9.17, 15) is 14.4 Å². The normalized spacial score (nSPS) is 11.8. The maximum atomic E-state index is 11.9. The number of nitrogens with zero attached hydrogens (tertiary/aromatic N) is 2. The van der Waals surface area contributed by atoms with Gasteiger partial charge in [0.25, 0.3) is 11.5 Å². The molecule has 0 aromatic carbocycles. The first-order chi connectivity index (χ1) is 9.49. The largest absolute Gasteiger partial charge is 0.479 e. The molecule has 0 fully saturated rings. The molecule has 3 N–H and O–H groups in total. The van der Waals surface area contributed by atoms with Crippen molar-refractivity contribution in [2.75, 3.05) is 0 Å². The number of aromatic amines is 1. The molecule has 8 nitrogen and oxygen atoms in total. The first-order valence-electron chi connectivity index (χ1n) is 5.69. The topological polar surface area (TPSA) is 117 Å².